The predicted molar refractivity (Wildman–Crippen MR) is 90.5 cm³/mol. The van der Waals surface area contributed by atoms with Crippen LogP contribution in [0.4, 0.5) is 10.7 Å². The molecule has 0 aliphatic rings. The average Bonchev–Trinajstić information content (AvgIpc) is 2.74. The molecule has 0 saturated heterocycles. The van der Waals surface area contributed by atoms with Gasteiger partial charge in [-0.1, -0.05) is 20.3 Å². The van der Waals surface area contributed by atoms with Crippen LogP contribution in [0, 0.1) is 0 Å². The number of amides is 1. The standard InChI is InChI=1S/C15H27N3O2S/c1-5-7-9-18-15-12(20-10(3)4)11(16)13(21-15)14(19)17-8-6-2/h10,18H,5-9,16H2,1-4H3,(H,17,19). The smallest absolute Gasteiger partial charge is 0.263 e. The molecule has 0 fully saturated rings. The number of rotatable bonds is 9. The van der Waals surface area contributed by atoms with Crippen molar-refractivity contribution >= 4 is 27.9 Å². The van der Waals surface area contributed by atoms with Crippen LogP contribution in [0.1, 0.15) is 56.6 Å². The van der Waals surface area contributed by atoms with Crippen molar-refractivity contribution in [3.8, 4) is 5.75 Å². The first-order valence-corrected chi connectivity index (χ1v) is 8.43. The molecule has 1 aromatic rings. The Hall–Kier alpha value is -1.43. The van der Waals surface area contributed by atoms with Gasteiger partial charge in [-0.3, -0.25) is 4.79 Å². The Kier molecular flexibility index (Phi) is 7.36. The summed E-state index contributed by atoms with van der Waals surface area (Å²) in [6, 6.07) is 0. The van der Waals surface area contributed by atoms with Crippen molar-refractivity contribution in [3.63, 3.8) is 0 Å². The maximum absolute atomic E-state index is 12.1. The van der Waals surface area contributed by atoms with Crippen LogP contribution in [0.25, 0.3) is 0 Å². The zero-order chi connectivity index (χ0) is 15.8. The average molecular weight is 313 g/mol. The van der Waals surface area contributed by atoms with Crippen molar-refractivity contribution in [2.24, 2.45) is 0 Å². The monoisotopic (exact) mass is 313 g/mol. The van der Waals surface area contributed by atoms with E-state index in [9.17, 15) is 4.79 Å². The molecule has 0 bridgehead atoms. The van der Waals surface area contributed by atoms with E-state index >= 15 is 0 Å². The molecule has 6 heteroatoms. The molecular formula is C15H27N3O2S. The fourth-order valence-corrected chi connectivity index (χ4v) is 2.76. The van der Waals surface area contributed by atoms with Crippen LogP contribution in [-0.4, -0.2) is 25.1 Å². The first kappa shape index (κ1) is 17.6. The summed E-state index contributed by atoms with van der Waals surface area (Å²) in [6.07, 6.45) is 3.09. The zero-order valence-electron chi connectivity index (χ0n) is 13.4. The third-order valence-electron chi connectivity index (χ3n) is 2.81. The summed E-state index contributed by atoms with van der Waals surface area (Å²) in [4.78, 5) is 12.7. The summed E-state index contributed by atoms with van der Waals surface area (Å²) < 4.78 is 5.79. The maximum atomic E-state index is 12.1. The number of nitrogen functional groups attached to an aromatic ring is 1. The second-order valence-electron chi connectivity index (χ2n) is 5.21. The van der Waals surface area contributed by atoms with Crippen LogP contribution in [0.2, 0.25) is 0 Å². The summed E-state index contributed by atoms with van der Waals surface area (Å²) in [6.45, 7) is 9.55. The van der Waals surface area contributed by atoms with Crippen LogP contribution in [0.15, 0.2) is 0 Å². The van der Waals surface area contributed by atoms with Gasteiger partial charge in [0.05, 0.1) is 6.10 Å². The van der Waals surface area contributed by atoms with E-state index in [1.807, 2.05) is 20.8 Å². The summed E-state index contributed by atoms with van der Waals surface area (Å²) in [5, 5.41) is 7.03. The molecule has 0 spiro atoms. The quantitative estimate of drug-likeness (QED) is 0.610. The van der Waals surface area contributed by atoms with E-state index in [-0.39, 0.29) is 12.0 Å². The lowest BCUT2D eigenvalue weighted by molar-refractivity contribution is 0.0958. The topological polar surface area (TPSA) is 76.4 Å². The third-order valence-corrected chi connectivity index (χ3v) is 3.95. The van der Waals surface area contributed by atoms with E-state index < -0.39 is 0 Å². The summed E-state index contributed by atoms with van der Waals surface area (Å²) in [7, 11) is 0. The number of hydrogen-bond donors (Lipinski definition) is 3. The molecule has 0 aliphatic carbocycles. The van der Waals surface area contributed by atoms with Gasteiger partial charge in [-0.2, -0.15) is 0 Å². The molecule has 4 N–H and O–H groups in total. The van der Waals surface area contributed by atoms with Crippen LogP contribution in [0.5, 0.6) is 5.75 Å². The van der Waals surface area contributed by atoms with Crippen molar-refractivity contribution < 1.29 is 9.53 Å². The minimum atomic E-state index is -0.128. The number of carbonyl (C=O) groups excluding carboxylic acids is 1. The van der Waals surface area contributed by atoms with E-state index in [0.29, 0.717) is 22.9 Å². The van der Waals surface area contributed by atoms with Crippen LogP contribution in [0.3, 0.4) is 0 Å². The van der Waals surface area contributed by atoms with Gasteiger partial charge in [0.1, 0.15) is 15.6 Å². The van der Waals surface area contributed by atoms with Gasteiger partial charge in [0.25, 0.3) is 5.91 Å². The molecule has 5 nitrogen and oxygen atoms in total. The number of unbranched alkanes of at least 4 members (excludes halogenated alkanes) is 1. The Balaban J connectivity index is 2.96. The van der Waals surface area contributed by atoms with Crippen molar-refractivity contribution in [3.05, 3.63) is 4.88 Å². The van der Waals surface area contributed by atoms with E-state index in [2.05, 4.69) is 17.6 Å². The molecule has 0 saturated carbocycles. The SMILES string of the molecule is CCCCNc1sc(C(=O)NCCC)c(N)c1OC(C)C. The number of carbonyl (C=O) groups is 1. The molecule has 0 aliphatic heterocycles. The summed E-state index contributed by atoms with van der Waals surface area (Å²) in [5.41, 5.74) is 6.55. The number of thiophene rings is 1. The van der Waals surface area contributed by atoms with E-state index in [1.54, 1.807) is 0 Å². The summed E-state index contributed by atoms with van der Waals surface area (Å²) >= 11 is 1.36. The Morgan fingerprint density at radius 2 is 2.00 bits per heavy atom. The van der Waals surface area contributed by atoms with Gasteiger partial charge in [-0.25, -0.2) is 0 Å². The van der Waals surface area contributed by atoms with Crippen molar-refractivity contribution in [2.75, 3.05) is 24.1 Å². The van der Waals surface area contributed by atoms with Crippen molar-refractivity contribution in [2.45, 2.75) is 53.1 Å². The predicted octanol–water partition coefficient (Wildman–Crippen LogP) is 3.47. The van der Waals surface area contributed by atoms with Gasteiger partial charge in [0.15, 0.2) is 5.75 Å². The Bertz CT molecular complexity index is 458. The van der Waals surface area contributed by atoms with Gasteiger partial charge >= 0.3 is 0 Å². The minimum Gasteiger partial charge on any atom is -0.486 e. The molecule has 0 radical (unpaired) electrons. The third kappa shape index (κ3) is 5.12. The number of hydrogen-bond acceptors (Lipinski definition) is 5. The Labute approximate surface area is 131 Å². The highest BCUT2D eigenvalue weighted by Gasteiger charge is 2.22. The van der Waals surface area contributed by atoms with Crippen LogP contribution < -0.4 is 21.1 Å². The molecule has 1 heterocycles. The molecule has 120 valence electrons. The lowest BCUT2D eigenvalue weighted by Gasteiger charge is -2.12. The largest absolute Gasteiger partial charge is 0.486 e. The highest BCUT2D eigenvalue weighted by Crippen LogP contribution is 2.43. The normalized spacial score (nSPS) is 10.7. The van der Waals surface area contributed by atoms with E-state index in [4.69, 9.17) is 10.5 Å². The van der Waals surface area contributed by atoms with E-state index in [0.717, 1.165) is 30.8 Å². The number of ether oxygens (including phenoxy) is 1. The first-order chi connectivity index (χ1) is 10.0. The second-order valence-corrected chi connectivity index (χ2v) is 6.23. The molecule has 0 aromatic carbocycles. The number of nitrogens with one attached hydrogen (secondary N) is 2. The van der Waals surface area contributed by atoms with E-state index in [1.165, 1.54) is 11.3 Å². The number of anilines is 2. The highest BCUT2D eigenvalue weighted by molar-refractivity contribution is 7.19. The van der Waals surface area contributed by atoms with Crippen LogP contribution >= 0.6 is 11.3 Å². The minimum absolute atomic E-state index is 0.0141. The molecule has 1 rings (SSSR count). The van der Waals surface area contributed by atoms with Gasteiger partial charge in [-0.15, -0.1) is 11.3 Å². The number of nitrogens with two attached hydrogens (primary N) is 1. The molecule has 1 aromatic heterocycles. The molecular weight excluding hydrogens is 286 g/mol. The summed E-state index contributed by atoms with van der Waals surface area (Å²) in [5.74, 6) is 0.476. The highest BCUT2D eigenvalue weighted by atomic mass is 32.1. The fourth-order valence-electron chi connectivity index (χ4n) is 1.76. The maximum Gasteiger partial charge on any atom is 0.263 e. The lowest BCUT2D eigenvalue weighted by Crippen LogP contribution is -2.23. The Morgan fingerprint density at radius 1 is 1.29 bits per heavy atom. The zero-order valence-corrected chi connectivity index (χ0v) is 14.2. The molecule has 21 heavy (non-hydrogen) atoms. The van der Waals surface area contributed by atoms with Crippen molar-refractivity contribution in [1.82, 2.24) is 5.32 Å². The van der Waals surface area contributed by atoms with Gasteiger partial charge in [0, 0.05) is 13.1 Å². The first-order valence-electron chi connectivity index (χ1n) is 7.62. The second kappa shape index (κ2) is 8.77. The van der Waals surface area contributed by atoms with Gasteiger partial charge in [-0.05, 0) is 26.7 Å². The Morgan fingerprint density at radius 3 is 2.57 bits per heavy atom. The van der Waals surface area contributed by atoms with Gasteiger partial charge < -0.3 is 21.1 Å². The molecule has 0 unspecified atom stereocenters. The van der Waals surface area contributed by atoms with Crippen molar-refractivity contribution in [1.29, 1.82) is 0 Å². The lowest BCUT2D eigenvalue weighted by atomic mass is 10.3. The van der Waals surface area contributed by atoms with Gasteiger partial charge in [0.2, 0.25) is 0 Å². The molecule has 0 atom stereocenters. The fraction of sp³-hybridized carbons (Fsp3) is 0.667. The van der Waals surface area contributed by atoms with Crippen LogP contribution in [-0.2, 0) is 0 Å². The molecule has 1 amide bonds.